The number of carbonyl (C=O) groups is 2. The number of esters is 2. The van der Waals surface area contributed by atoms with Crippen molar-refractivity contribution in [2.45, 2.75) is 6.18 Å². The van der Waals surface area contributed by atoms with Crippen LogP contribution in [0.3, 0.4) is 0 Å². The van der Waals surface area contributed by atoms with Gasteiger partial charge in [-0.2, -0.15) is 13.2 Å². The Kier molecular flexibility index (Phi) is 7.65. The summed E-state index contributed by atoms with van der Waals surface area (Å²) in [6.07, 6.45) is -5.04. The molecule has 0 amide bonds. The Morgan fingerprint density at radius 2 is 1.57 bits per heavy atom. The minimum Gasteiger partial charge on any atom is -0.466 e. The summed E-state index contributed by atoms with van der Waals surface area (Å²) in [5.74, 6) is -8.31. The van der Waals surface area contributed by atoms with E-state index in [0.29, 0.717) is 6.07 Å². The molecule has 1 aliphatic rings. The number of hydrogen-bond donors (Lipinski definition) is 0. The fourth-order valence-electron chi connectivity index (χ4n) is 3.08. The molecule has 1 heterocycles. The van der Waals surface area contributed by atoms with Crippen molar-refractivity contribution in [3.05, 3.63) is 63.0 Å². The molecule has 0 saturated heterocycles. The molecule has 3 rings (SSSR count). The Hall–Kier alpha value is -3.26. The van der Waals surface area contributed by atoms with Gasteiger partial charge in [0.1, 0.15) is 18.2 Å². The van der Waals surface area contributed by atoms with Gasteiger partial charge in [-0.1, -0.05) is 0 Å². The number of hydrogen-bond acceptors (Lipinski definition) is 7. The van der Waals surface area contributed by atoms with E-state index < -0.39 is 65.1 Å². The van der Waals surface area contributed by atoms with Gasteiger partial charge in [-0.3, -0.25) is 0 Å². The van der Waals surface area contributed by atoms with Crippen molar-refractivity contribution < 1.29 is 54.9 Å². The highest BCUT2D eigenvalue weighted by atomic mass is 79.9. The van der Waals surface area contributed by atoms with Crippen LogP contribution < -0.4 is 9.64 Å². The minimum absolute atomic E-state index is 0.00640. The lowest BCUT2D eigenvalue weighted by molar-refractivity contribution is -0.140. The van der Waals surface area contributed by atoms with Crippen LogP contribution in [-0.2, 0) is 30.0 Å². The third-order valence-electron chi connectivity index (χ3n) is 4.66. The fraction of sp³-hybridized carbons (Fsp3) is 0.238. The molecule has 0 atom stereocenters. The molecule has 0 radical (unpaired) electrons. The van der Waals surface area contributed by atoms with Crippen LogP contribution in [0.1, 0.15) is 5.56 Å². The van der Waals surface area contributed by atoms with E-state index in [2.05, 4.69) is 20.7 Å². The number of benzene rings is 2. The first-order chi connectivity index (χ1) is 16.4. The Labute approximate surface area is 201 Å². The molecule has 1 aliphatic heterocycles. The second kappa shape index (κ2) is 10.2. The summed E-state index contributed by atoms with van der Waals surface area (Å²) in [5, 5.41) is 0. The molecule has 0 bridgehead atoms. The van der Waals surface area contributed by atoms with Crippen LogP contribution in [0, 0.1) is 17.5 Å². The number of alkyl halides is 3. The van der Waals surface area contributed by atoms with E-state index in [1.165, 1.54) is 0 Å². The van der Waals surface area contributed by atoms with Crippen molar-refractivity contribution >= 4 is 33.6 Å². The summed E-state index contributed by atoms with van der Waals surface area (Å²) in [7, 11) is 2.06. The van der Waals surface area contributed by atoms with Gasteiger partial charge in [-0.15, -0.1) is 0 Å². The molecule has 0 fully saturated rings. The molecule has 0 N–H and O–H groups in total. The van der Waals surface area contributed by atoms with E-state index in [1.54, 1.807) is 0 Å². The number of anilines is 1. The summed E-state index contributed by atoms with van der Waals surface area (Å²) in [6.45, 7) is -0.800. The number of halogens is 7. The number of rotatable bonds is 5. The van der Waals surface area contributed by atoms with Gasteiger partial charge in [0.2, 0.25) is 0 Å². The van der Waals surface area contributed by atoms with Crippen molar-refractivity contribution in [2.24, 2.45) is 0 Å². The molecule has 0 aromatic heterocycles. The van der Waals surface area contributed by atoms with E-state index in [4.69, 9.17) is 14.2 Å². The molecular formula is C21H14BrF6NO6. The van der Waals surface area contributed by atoms with Crippen LogP contribution in [0.5, 0.6) is 11.5 Å². The van der Waals surface area contributed by atoms with Crippen LogP contribution >= 0.6 is 15.9 Å². The summed E-state index contributed by atoms with van der Waals surface area (Å²) < 4.78 is 101. The zero-order chi connectivity index (χ0) is 26.1. The molecular weight excluding hydrogens is 556 g/mol. The maximum absolute atomic E-state index is 14.4. The largest absolute Gasteiger partial charge is 0.466 e. The highest BCUT2D eigenvalue weighted by molar-refractivity contribution is 9.10. The van der Waals surface area contributed by atoms with Gasteiger partial charge in [0, 0.05) is 6.07 Å². The first kappa shape index (κ1) is 26.3. The fourth-order valence-corrected chi connectivity index (χ4v) is 3.41. The van der Waals surface area contributed by atoms with E-state index in [9.17, 15) is 35.9 Å². The average Bonchev–Trinajstić information content (AvgIpc) is 2.81. The Morgan fingerprint density at radius 1 is 0.971 bits per heavy atom. The van der Waals surface area contributed by atoms with Crippen LogP contribution in [-0.4, -0.2) is 39.5 Å². The Balaban J connectivity index is 2.18. The lowest BCUT2D eigenvalue weighted by Crippen LogP contribution is -2.39. The maximum atomic E-state index is 14.4. The van der Waals surface area contributed by atoms with E-state index >= 15 is 0 Å². The lowest BCUT2D eigenvalue weighted by Gasteiger charge is -2.32. The normalized spacial score (nSPS) is 14.1. The summed E-state index contributed by atoms with van der Waals surface area (Å²) in [5.41, 5.74) is -2.55. The van der Waals surface area contributed by atoms with E-state index in [0.717, 1.165) is 25.2 Å². The van der Waals surface area contributed by atoms with Gasteiger partial charge in [-0.05, 0) is 34.1 Å². The molecule has 2 aromatic rings. The first-order valence-corrected chi connectivity index (χ1v) is 10.2. The predicted molar refractivity (Wildman–Crippen MR) is 110 cm³/mol. The van der Waals surface area contributed by atoms with Gasteiger partial charge in [0.15, 0.2) is 23.1 Å². The van der Waals surface area contributed by atoms with Crippen LogP contribution in [0.15, 0.2) is 40.0 Å². The molecule has 0 aliphatic carbocycles. The second-order valence-corrected chi connectivity index (χ2v) is 7.67. The van der Waals surface area contributed by atoms with Crippen molar-refractivity contribution in [1.82, 2.24) is 0 Å². The monoisotopic (exact) mass is 569 g/mol. The third kappa shape index (κ3) is 5.37. The number of methoxy groups -OCH3 is 2. The number of ether oxygens (including phenoxy) is 4. The van der Waals surface area contributed by atoms with E-state index in [1.807, 2.05) is 0 Å². The molecule has 0 unspecified atom stereocenters. The van der Waals surface area contributed by atoms with Gasteiger partial charge in [0.05, 0.1) is 42.1 Å². The van der Waals surface area contributed by atoms with Crippen molar-refractivity contribution in [2.75, 3.05) is 32.5 Å². The van der Waals surface area contributed by atoms with Gasteiger partial charge in [0.25, 0.3) is 0 Å². The highest BCUT2D eigenvalue weighted by Gasteiger charge is 2.36. The zero-order valence-electron chi connectivity index (χ0n) is 17.8. The standard InChI is InChI=1S/C21H14BrF6NO6/c1-32-19(30)10-7-34-8-29(17(10)20(31)33-2)15-5-11(22)12(23)6-16(15)35-18-13(24)3-9(4-14(18)25)21(26,27)28/h3-6H,7-8H2,1-2H3. The lowest BCUT2D eigenvalue weighted by atomic mass is 10.1. The Morgan fingerprint density at radius 3 is 2.11 bits per heavy atom. The summed E-state index contributed by atoms with van der Waals surface area (Å²) in [4.78, 5) is 25.7. The minimum atomic E-state index is -5.04. The van der Waals surface area contributed by atoms with Crippen molar-refractivity contribution in [3.8, 4) is 11.5 Å². The van der Waals surface area contributed by atoms with Crippen LogP contribution in [0.25, 0.3) is 0 Å². The number of carbonyl (C=O) groups excluding carboxylic acids is 2. The van der Waals surface area contributed by atoms with Gasteiger partial charge >= 0.3 is 18.1 Å². The van der Waals surface area contributed by atoms with Gasteiger partial charge < -0.3 is 23.8 Å². The smallest absolute Gasteiger partial charge is 0.416 e. The van der Waals surface area contributed by atoms with E-state index in [-0.39, 0.29) is 34.5 Å². The molecule has 0 spiro atoms. The van der Waals surface area contributed by atoms with Crippen LogP contribution in [0.4, 0.5) is 32.0 Å². The maximum Gasteiger partial charge on any atom is 0.416 e. The first-order valence-electron chi connectivity index (χ1n) is 9.37. The molecule has 14 heteroatoms. The SMILES string of the molecule is COC(=O)C1=C(C(=O)OC)N(c2cc(Br)c(F)cc2Oc2c(F)cc(C(F)(F)F)cc2F)COC1. The number of nitrogens with zero attached hydrogens (tertiary/aromatic N) is 1. The molecule has 0 saturated carbocycles. The van der Waals surface area contributed by atoms with Crippen molar-refractivity contribution in [1.29, 1.82) is 0 Å². The Bertz CT molecular complexity index is 1190. The molecule has 2 aromatic carbocycles. The molecule has 7 nitrogen and oxygen atoms in total. The summed E-state index contributed by atoms with van der Waals surface area (Å²) >= 11 is 2.93. The quantitative estimate of drug-likeness (QED) is 0.367. The summed E-state index contributed by atoms with van der Waals surface area (Å²) in [6, 6.07) is 1.72. The third-order valence-corrected chi connectivity index (χ3v) is 5.27. The van der Waals surface area contributed by atoms with Gasteiger partial charge in [-0.25, -0.2) is 22.8 Å². The molecule has 35 heavy (non-hydrogen) atoms. The highest BCUT2D eigenvalue weighted by Crippen LogP contribution is 2.42. The van der Waals surface area contributed by atoms with Crippen molar-refractivity contribution in [3.63, 3.8) is 0 Å². The average molecular weight is 570 g/mol. The zero-order valence-corrected chi connectivity index (χ0v) is 19.4. The second-order valence-electron chi connectivity index (χ2n) is 6.82. The molecule has 188 valence electrons. The predicted octanol–water partition coefficient (Wildman–Crippen LogP) is 5.07. The topological polar surface area (TPSA) is 74.3 Å². The van der Waals surface area contributed by atoms with Crippen LogP contribution in [0.2, 0.25) is 0 Å².